The fraction of sp³-hybridized carbons (Fsp3) is 0.429. The Morgan fingerprint density at radius 1 is 1.21 bits per heavy atom. The minimum absolute atomic E-state index is 0.348. The van der Waals surface area contributed by atoms with Gasteiger partial charge in [0, 0.05) is 5.75 Å². The smallest absolute Gasteiger partial charge is 0.209 e. The zero-order valence-corrected chi connectivity index (χ0v) is 11.5. The lowest BCUT2D eigenvalue weighted by molar-refractivity contribution is 0.651. The van der Waals surface area contributed by atoms with Crippen molar-refractivity contribution in [2.24, 2.45) is 0 Å². The highest BCUT2D eigenvalue weighted by atomic mass is 32.2. The van der Waals surface area contributed by atoms with E-state index in [0.717, 1.165) is 10.9 Å². The minimum Gasteiger partial charge on any atom is -0.314 e. The van der Waals surface area contributed by atoms with Gasteiger partial charge in [0.1, 0.15) is 6.33 Å². The van der Waals surface area contributed by atoms with Gasteiger partial charge in [0.05, 0.1) is 6.04 Å². The van der Waals surface area contributed by atoms with Gasteiger partial charge in [-0.3, -0.25) is 0 Å². The van der Waals surface area contributed by atoms with Crippen molar-refractivity contribution in [3.05, 3.63) is 41.2 Å². The second kappa shape index (κ2) is 4.56. The summed E-state index contributed by atoms with van der Waals surface area (Å²) in [5, 5.41) is 8.95. The van der Waals surface area contributed by atoms with E-state index in [4.69, 9.17) is 0 Å². The first-order valence-electron chi connectivity index (χ1n) is 6.81. The Kier molecular flexibility index (Phi) is 2.72. The first-order chi connectivity index (χ1) is 9.40. The van der Waals surface area contributed by atoms with Crippen LogP contribution in [0.25, 0.3) is 0 Å². The van der Waals surface area contributed by atoms with Crippen LogP contribution >= 0.6 is 11.8 Å². The largest absolute Gasteiger partial charge is 0.314 e. The molecular formula is C14H16N4S. The molecule has 1 aromatic heterocycles. The van der Waals surface area contributed by atoms with Crippen LogP contribution in [-0.2, 0) is 12.8 Å². The molecule has 19 heavy (non-hydrogen) atoms. The van der Waals surface area contributed by atoms with Gasteiger partial charge in [-0.1, -0.05) is 30.0 Å². The lowest BCUT2D eigenvalue weighted by Gasteiger charge is -2.26. The molecule has 0 saturated carbocycles. The second-order valence-electron chi connectivity index (χ2n) is 5.21. The number of hydrogen-bond acceptors (Lipinski definition) is 4. The molecule has 1 aliphatic carbocycles. The Morgan fingerprint density at radius 3 is 3.05 bits per heavy atom. The lowest BCUT2D eigenvalue weighted by atomic mass is 9.89. The molecule has 1 aliphatic heterocycles. The van der Waals surface area contributed by atoms with Crippen molar-refractivity contribution < 1.29 is 0 Å². The average Bonchev–Trinajstić information content (AvgIpc) is 2.94. The van der Waals surface area contributed by atoms with Gasteiger partial charge in [-0.15, -0.1) is 10.2 Å². The topological polar surface area (TPSA) is 42.7 Å². The highest BCUT2D eigenvalue weighted by Crippen LogP contribution is 2.31. The monoisotopic (exact) mass is 272 g/mol. The molecule has 1 aromatic carbocycles. The highest BCUT2D eigenvalue weighted by Gasteiger charge is 2.21. The maximum Gasteiger partial charge on any atom is 0.209 e. The van der Waals surface area contributed by atoms with Crippen LogP contribution in [0.15, 0.2) is 29.7 Å². The molecule has 0 spiro atoms. The van der Waals surface area contributed by atoms with Crippen LogP contribution in [0.1, 0.15) is 35.6 Å². The maximum absolute atomic E-state index is 4.07. The fourth-order valence-corrected chi connectivity index (χ4v) is 3.84. The van der Waals surface area contributed by atoms with E-state index in [1.54, 1.807) is 29.2 Å². The number of fused-ring (bicyclic) bond motifs is 2. The summed E-state index contributed by atoms with van der Waals surface area (Å²) in [6, 6.07) is 7.33. The normalized spacial score (nSPS) is 21.4. The third kappa shape index (κ3) is 2.02. The summed E-state index contributed by atoms with van der Waals surface area (Å²) >= 11 is 1.76. The first-order valence-corrected chi connectivity index (χ1v) is 7.80. The minimum atomic E-state index is 0.348. The van der Waals surface area contributed by atoms with E-state index in [1.165, 1.54) is 31.2 Å². The second-order valence-corrected chi connectivity index (χ2v) is 6.20. The first kappa shape index (κ1) is 11.3. The summed E-state index contributed by atoms with van der Waals surface area (Å²) in [7, 11) is 0. The zero-order chi connectivity index (χ0) is 12.7. The Morgan fingerprint density at radius 2 is 2.11 bits per heavy atom. The van der Waals surface area contributed by atoms with E-state index in [9.17, 15) is 0 Å². The standard InChI is InChI=1S/C14H16N4S/c1-2-4-11-7-12(6-5-10(11)3-1)13-8-19-14-16-15-9-18(14)17-13/h5-7,9,13,17H,1-4,8H2. The SMILES string of the molecule is c1cc2c(cc1C1CSc3nncn3N1)CCCC2. The van der Waals surface area contributed by atoms with Crippen LogP contribution < -0.4 is 5.43 Å². The summed E-state index contributed by atoms with van der Waals surface area (Å²) in [6.07, 6.45) is 6.90. The molecule has 1 N–H and O–H groups in total. The van der Waals surface area contributed by atoms with Gasteiger partial charge in [0.2, 0.25) is 5.16 Å². The van der Waals surface area contributed by atoms with Crippen LogP contribution in [0.3, 0.4) is 0 Å². The van der Waals surface area contributed by atoms with Crippen molar-refractivity contribution in [2.75, 3.05) is 11.2 Å². The summed E-state index contributed by atoms with van der Waals surface area (Å²) in [6.45, 7) is 0. The third-order valence-corrected chi connectivity index (χ3v) is 5.00. The van der Waals surface area contributed by atoms with Crippen molar-refractivity contribution in [1.82, 2.24) is 14.9 Å². The van der Waals surface area contributed by atoms with Gasteiger partial charge in [-0.25, -0.2) is 4.68 Å². The molecule has 0 radical (unpaired) electrons. The molecule has 1 unspecified atom stereocenters. The van der Waals surface area contributed by atoms with Crippen LogP contribution in [-0.4, -0.2) is 20.6 Å². The van der Waals surface area contributed by atoms with E-state index in [1.807, 2.05) is 4.68 Å². The average molecular weight is 272 g/mol. The van der Waals surface area contributed by atoms with Gasteiger partial charge in [-0.2, -0.15) is 0 Å². The zero-order valence-electron chi connectivity index (χ0n) is 10.7. The van der Waals surface area contributed by atoms with Crippen molar-refractivity contribution in [1.29, 1.82) is 0 Å². The van der Waals surface area contributed by atoms with E-state index < -0.39 is 0 Å². The van der Waals surface area contributed by atoms with Crippen LogP contribution in [0.5, 0.6) is 0 Å². The molecule has 2 aromatic rings. The predicted molar refractivity (Wildman–Crippen MR) is 75.9 cm³/mol. The molecule has 1 atom stereocenters. The van der Waals surface area contributed by atoms with Crippen LogP contribution in [0.4, 0.5) is 0 Å². The highest BCUT2D eigenvalue weighted by molar-refractivity contribution is 7.99. The van der Waals surface area contributed by atoms with Gasteiger partial charge in [0.15, 0.2) is 0 Å². The molecule has 0 fully saturated rings. The summed E-state index contributed by atoms with van der Waals surface area (Å²) in [5.74, 6) is 1.01. The van der Waals surface area contributed by atoms with Crippen LogP contribution in [0, 0.1) is 0 Å². The molecule has 4 rings (SSSR count). The van der Waals surface area contributed by atoms with Gasteiger partial charge in [-0.05, 0) is 42.4 Å². The van der Waals surface area contributed by atoms with Crippen molar-refractivity contribution >= 4 is 11.8 Å². The number of nitrogens with zero attached hydrogens (tertiary/aromatic N) is 3. The number of thioether (sulfide) groups is 1. The van der Waals surface area contributed by atoms with Gasteiger partial charge < -0.3 is 5.43 Å². The Labute approximate surface area is 116 Å². The Hall–Kier alpha value is -1.49. The fourth-order valence-electron chi connectivity index (χ4n) is 2.92. The number of rotatable bonds is 1. The molecule has 2 heterocycles. The van der Waals surface area contributed by atoms with Crippen molar-refractivity contribution in [3.63, 3.8) is 0 Å². The molecule has 5 heteroatoms. The van der Waals surface area contributed by atoms with E-state index in [2.05, 4.69) is 33.8 Å². The molecule has 0 saturated heterocycles. The van der Waals surface area contributed by atoms with E-state index in [-0.39, 0.29) is 0 Å². The molecule has 0 bridgehead atoms. The molecule has 4 nitrogen and oxygen atoms in total. The summed E-state index contributed by atoms with van der Waals surface area (Å²) in [5.41, 5.74) is 7.94. The lowest BCUT2D eigenvalue weighted by Crippen LogP contribution is -2.27. The summed E-state index contributed by atoms with van der Waals surface area (Å²) in [4.78, 5) is 0. The maximum atomic E-state index is 4.07. The number of aromatic nitrogens is 3. The molecule has 2 aliphatic rings. The third-order valence-electron chi connectivity index (χ3n) is 3.97. The van der Waals surface area contributed by atoms with Crippen molar-refractivity contribution in [3.8, 4) is 0 Å². The van der Waals surface area contributed by atoms with Crippen LogP contribution in [0.2, 0.25) is 0 Å². The van der Waals surface area contributed by atoms with Crippen molar-refractivity contribution in [2.45, 2.75) is 36.9 Å². The Balaban J connectivity index is 1.63. The quantitative estimate of drug-likeness (QED) is 0.866. The number of aryl methyl sites for hydroxylation is 2. The number of nitrogens with one attached hydrogen (secondary N) is 1. The summed E-state index contributed by atoms with van der Waals surface area (Å²) < 4.78 is 1.93. The van der Waals surface area contributed by atoms with E-state index >= 15 is 0 Å². The Bertz CT molecular complexity index is 607. The number of hydrogen-bond donors (Lipinski definition) is 1. The number of benzene rings is 1. The predicted octanol–water partition coefficient (Wildman–Crippen LogP) is 2.55. The molecule has 98 valence electrons. The molecule has 0 amide bonds. The molecular weight excluding hydrogens is 256 g/mol. The van der Waals surface area contributed by atoms with Gasteiger partial charge in [0.25, 0.3) is 0 Å². The van der Waals surface area contributed by atoms with Gasteiger partial charge >= 0.3 is 0 Å². The van der Waals surface area contributed by atoms with E-state index in [0.29, 0.717) is 6.04 Å².